The van der Waals surface area contributed by atoms with Gasteiger partial charge >= 0.3 is 5.97 Å². The molecule has 1 aromatic rings. The number of hydrogen-bond acceptors (Lipinski definition) is 3. The number of carboxylic acids is 1. The Labute approximate surface area is 94.3 Å². The maximum absolute atomic E-state index is 11.1. The van der Waals surface area contributed by atoms with Gasteiger partial charge in [0, 0.05) is 12.3 Å². The fourth-order valence-corrected chi connectivity index (χ4v) is 2.39. The topological polar surface area (TPSA) is 78.9 Å². The van der Waals surface area contributed by atoms with Gasteiger partial charge in [-0.1, -0.05) is 13.3 Å². The largest absolute Gasteiger partial charge is 0.481 e. The number of aliphatic carboxylic acids is 1. The van der Waals surface area contributed by atoms with Gasteiger partial charge in [-0.2, -0.15) is 5.10 Å². The Morgan fingerprint density at radius 1 is 1.56 bits per heavy atom. The number of aromatic amines is 1. The van der Waals surface area contributed by atoms with E-state index in [2.05, 4.69) is 22.1 Å². The Hall–Kier alpha value is -1.39. The SMILES string of the molecule is CCCc1nc(C2CCCC2C(=O)O)n[nH]1. The summed E-state index contributed by atoms with van der Waals surface area (Å²) in [4.78, 5) is 15.4. The van der Waals surface area contributed by atoms with Crippen molar-refractivity contribution >= 4 is 5.97 Å². The lowest BCUT2D eigenvalue weighted by atomic mass is 9.96. The second-order valence-electron chi connectivity index (χ2n) is 4.37. The summed E-state index contributed by atoms with van der Waals surface area (Å²) in [5.41, 5.74) is 0. The number of carbonyl (C=O) groups is 1. The molecular formula is C11H17N3O2. The minimum Gasteiger partial charge on any atom is -0.481 e. The molecule has 1 aliphatic carbocycles. The van der Waals surface area contributed by atoms with Crippen molar-refractivity contribution in [2.75, 3.05) is 0 Å². The van der Waals surface area contributed by atoms with Crippen LogP contribution in [0.1, 0.15) is 50.2 Å². The average molecular weight is 223 g/mol. The van der Waals surface area contributed by atoms with Gasteiger partial charge in [0.05, 0.1) is 5.92 Å². The van der Waals surface area contributed by atoms with E-state index in [0.717, 1.165) is 37.9 Å². The predicted molar refractivity (Wildman–Crippen MR) is 58.1 cm³/mol. The zero-order valence-electron chi connectivity index (χ0n) is 9.44. The first-order valence-corrected chi connectivity index (χ1v) is 5.86. The summed E-state index contributed by atoms with van der Waals surface area (Å²) in [5.74, 6) is 0.538. The van der Waals surface area contributed by atoms with Crippen molar-refractivity contribution in [3.8, 4) is 0 Å². The second-order valence-corrected chi connectivity index (χ2v) is 4.37. The molecule has 5 nitrogen and oxygen atoms in total. The maximum atomic E-state index is 11.1. The highest BCUT2D eigenvalue weighted by atomic mass is 16.4. The maximum Gasteiger partial charge on any atom is 0.307 e. The van der Waals surface area contributed by atoms with Gasteiger partial charge in [0.2, 0.25) is 0 Å². The zero-order chi connectivity index (χ0) is 11.5. The monoisotopic (exact) mass is 223 g/mol. The van der Waals surface area contributed by atoms with Crippen LogP contribution in [0.4, 0.5) is 0 Å². The molecule has 2 atom stereocenters. The van der Waals surface area contributed by atoms with Gasteiger partial charge in [-0.25, -0.2) is 4.98 Å². The van der Waals surface area contributed by atoms with Crippen molar-refractivity contribution in [1.82, 2.24) is 15.2 Å². The van der Waals surface area contributed by atoms with Crippen LogP contribution < -0.4 is 0 Å². The Kier molecular flexibility index (Phi) is 3.22. The molecular weight excluding hydrogens is 206 g/mol. The molecule has 16 heavy (non-hydrogen) atoms. The molecule has 0 aliphatic heterocycles. The highest BCUT2D eigenvalue weighted by Gasteiger charge is 2.36. The van der Waals surface area contributed by atoms with Gasteiger partial charge in [0.25, 0.3) is 0 Å². The van der Waals surface area contributed by atoms with Crippen LogP contribution in [0.2, 0.25) is 0 Å². The second kappa shape index (κ2) is 4.63. The molecule has 88 valence electrons. The van der Waals surface area contributed by atoms with Crippen LogP contribution in [0.3, 0.4) is 0 Å². The molecule has 0 saturated heterocycles. The Morgan fingerprint density at radius 2 is 2.38 bits per heavy atom. The van der Waals surface area contributed by atoms with Gasteiger partial charge in [-0.3, -0.25) is 9.89 Å². The van der Waals surface area contributed by atoms with Gasteiger partial charge < -0.3 is 5.11 Å². The quantitative estimate of drug-likeness (QED) is 0.814. The minimum atomic E-state index is -0.718. The lowest BCUT2D eigenvalue weighted by molar-refractivity contribution is -0.142. The summed E-state index contributed by atoms with van der Waals surface area (Å²) in [6.45, 7) is 2.08. The number of aryl methyl sites for hydroxylation is 1. The van der Waals surface area contributed by atoms with Gasteiger partial charge in [0.1, 0.15) is 5.82 Å². The molecule has 2 unspecified atom stereocenters. The fraction of sp³-hybridized carbons (Fsp3) is 0.727. The van der Waals surface area contributed by atoms with E-state index in [9.17, 15) is 4.79 Å². The summed E-state index contributed by atoms with van der Waals surface area (Å²) >= 11 is 0. The summed E-state index contributed by atoms with van der Waals surface area (Å²) in [7, 11) is 0. The van der Waals surface area contributed by atoms with E-state index in [1.165, 1.54) is 0 Å². The number of nitrogens with zero attached hydrogens (tertiary/aromatic N) is 2. The van der Waals surface area contributed by atoms with Crippen LogP contribution >= 0.6 is 0 Å². The molecule has 0 bridgehead atoms. The van der Waals surface area contributed by atoms with E-state index in [4.69, 9.17) is 5.11 Å². The number of aromatic nitrogens is 3. The fourth-order valence-electron chi connectivity index (χ4n) is 2.39. The Morgan fingerprint density at radius 3 is 3.06 bits per heavy atom. The van der Waals surface area contributed by atoms with Crippen molar-refractivity contribution < 1.29 is 9.90 Å². The van der Waals surface area contributed by atoms with Crippen LogP contribution in [0.25, 0.3) is 0 Å². The third-order valence-corrected chi connectivity index (χ3v) is 3.20. The third kappa shape index (κ3) is 2.08. The predicted octanol–water partition coefficient (Wildman–Crippen LogP) is 1.73. The van der Waals surface area contributed by atoms with E-state index in [1.54, 1.807) is 0 Å². The molecule has 0 spiro atoms. The Balaban J connectivity index is 2.13. The summed E-state index contributed by atoms with van der Waals surface area (Å²) in [6.07, 6.45) is 4.48. The standard InChI is InChI=1S/C11H17N3O2/c1-2-4-9-12-10(14-13-9)7-5-3-6-8(7)11(15)16/h7-8H,2-6H2,1H3,(H,15,16)(H,12,13,14). The smallest absolute Gasteiger partial charge is 0.307 e. The molecule has 2 rings (SSSR count). The van der Waals surface area contributed by atoms with Crippen molar-refractivity contribution in [2.45, 2.75) is 44.9 Å². The first kappa shape index (κ1) is 11.1. The number of nitrogens with one attached hydrogen (secondary N) is 1. The summed E-state index contributed by atoms with van der Waals surface area (Å²) in [5, 5.41) is 16.1. The van der Waals surface area contributed by atoms with Gasteiger partial charge in [-0.05, 0) is 19.3 Å². The number of H-pyrrole nitrogens is 1. The highest BCUT2D eigenvalue weighted by molar-refractivity contribution is 5.71. The summed E-state index contributed by atoms with van der Waals surface area (Å²) < 4.78 is 0. The summed E-state index contributed by atoms with van der Waals surface area (Å²) in [6, 6.07) is 0. The van der Waals surface area contributed by atoms with E-state index in [0.29, 0.717) is 5.82 Å². The lowest BCUT2D eigenvalue weighted by Gasteiger charge is -2.11. The van der Waals surface area contributed by atoms with Crippen LogP contribution in [-0.2, 0) is 11.2 Å². The van der Waals surface area contributed by atoms with Crippen LogP contribution in [0.15, 0.2) is 0 Å². The average Bonchev–Trinajstić information content (AvgIpc) is 2.83. The van der Waals surface area contributed by atoms with Crippen LogP contribution in [0.5, 0.6) is 0 Å². The zero-order valence-corrected chi connectivity index (χ0v) is 9.44. The highest BCUT2D eigenvalue weighted by Crippen LogP contribution is 2.38. The molecule has 0 radical (unpaired) electrons. The van der Waals surface area contributed by atoms with E-state index in [-0.39, 0.29) is 11.8 Å². The van der Waals surface area contributed by atoms with Crippen molar-refractivity contribution in [2.24, 2.45) is 5.92 Å². The van der Waals surface area contributed by atoms with E-state index in [1.807, 2.05) is 0 Å². The first-order valence-electron chi connectivity index (χ1n) is 5.86. The molecule has 1 fully saturated rings. The lowest BCUT2D eigenvalue weighted by Crippen LogP contribution is -2.17. The molecule has 0 aromatic carbocycles. The molecule has 5 heteroatoms. The minimum absolute atomic E-state index is 0.000596. The van der Waals surface area contributed by atoms with Crippen LogP contribution in [0, 0.1) is 5.92 Å². The molecule has 2 N–H and O–H groups in total. The first-order chi connectivity index (χ1) is 7.72. The number of hydrogen-bond donors (Lipinski definition) is 2. The van der Waals surface area contributed by atoms with Crippen molar-refractivity contribution in [3.05, 3.63) is 11.6 Å². The van der Waals surface area contributed by atoms with Crippen LogP contribution in [-0.4, -0.2) is 26.3 Å². The molecule has 1 heterocycles. The molecule has 1 aliphatic rings. The van der Waals surface area contributed by atoms with E-state index >= 15 is 0 Å². The Bertz CT molecular complexity index is 375. The van der Waals surface area contributed by atoms with Gasteiger partial charge in [-0.15, -0.1) is 0 Å². The number of carboxylic acid groups (broad SMARTS) is 1. The van der Waals surface area contributed by atoms with Gasteiger partial charge in [0.15, 0.2) is 5.82 Å². The van der Waals surface area contributed by atoms with Crippen molar-refractivity contribution in [1.29, 1.82) is 0 Å². The third-order valence-electron chi connectivity index (χ3n) is 3.20. The number of rotatable bonds is 4. The normalized spacial score (nSPS) is 24.8. The molecule has 0 amide bonds. The molecule has 1 saturated carbocycles. The molecule has 1 aromatic heterocycles. The van der Waals surface area contributed by atoms with E-state index < -0.39 is 5.97 Å². The van der Waals surface area contributed by atoms with Crippen molar-refractivity contribution in [3.63, 3.8) is 0 Å².